The van der Waals surface area contributed by atoms with Crippen LogP contribution in [0.15, 0.2) is 30.7 Å². The fraction of sp³-hybridized carbons (Fsp3) is 0.400. The van der Waals surface area contributed by atoms with E-state index < -0.39 is 5.82 Å². The lowest BCUT2D eigenvalue weighted by Gasteiger charge is -2.36. The summed E-state index contributed by atoms with van der Waals surface area (Å²) in [5, 5.41) is 0. The topological polar surface area (TPSA) is 48.4 Å². The number of halogens is 1. The number of anilines is 3. The van der Waals surface area contributed by atoms with Crippen LogP contribution in [-0.2, 0) is 0 Å². The molecule has 3 rings (SSSR count). The van der Waals surface area contributed by atoms with Gasteiger partial charge in [0.05, 0.1) is 6.20 Å². The van der Waals surface area contributed by atoms with Crippen molar-refractivity contribution < 1.29 is 4.39 Å². The molecule has 1 aliphatic heterocycles. The molecule has 0 N–H and O–H groups in total. The molecule has 3 heterocycles. The third-order valence-corrected chi connectivity index (χ3v) is 3.73. The number of rotatable bonds is 3. The van der Waals surface area contributed by atoms with Crippen molar-refractivity contribution in [1.29, 1.82) is 0 Å². The average molecular weight is 302 g/mol. The first-order valence-electron chi connectivity index (χ1n) is 7.25. The Morgan fingerprint density at radius 3 is 2.32 bits per heavy atom. The molecule has 116 valence electrons. The van der Waals surface area contributed by atoms with Crippen LogP contribution in [0.1, 0.15) is 0 Å². The predicted octanol–water partition coefficient (Wildman–Crippen LogP) is 1.40. The minimum atomic E-state index is -0.399. The summed E-state index contributed by atoms with van der Waals surface area (Å²) >= 11 is 0. The van der Waals surface area contributed by atoms with E-state index in [1.54, 1.807) is 31.4 Å². The summed E-state index contributed by atoms with van der Waals surface area (Å²) in [6, 6.07) is 4.02. The monoisotopic (exact) mass is 302 g/mol. The average Bonchev–Trinajstić information content (AvgIpc) is 2.56. The lowest BCUT2D eigenvalue weighted by atomic mass is 10.3. The first kappa shape index (κ1) is 14.5. The Bertz CT molecular complexity index is 625. The van der Waals surface area contributed by atoms with Crippen molar-refractivity contribution in [3.05, 3.63) is 36.5 Å². The van der Waals surface area contributed by atoms with Gasteiger partial charge >= 0.3 is 0 Å². The Labute approximate surface area is 129 Å². The first-order chi connectivity index (χ1) is 10.6. The summed E-state index contributed by atoms with van der Waals surface area (Å²) < 4.78 is 13.7. The lowest BCUT2D eigenvalue weighted by Crippen LogP contribution is -2.47. The standard InChI is InChI=1S/C15H19FN6/c1-20(2)14-13(16)11-18-15(19-14)22-9-7-21(8-10-22)12-3-5-17-6-4-12/h3-6,11H,7-10H2,1-2H3. The van der Waals surface area contributed by atoms with E-state index in [4.69, 9.17) is 0 Å². The lowest BCUT2D eigenvalue weighted by molar-refractivity contribution is 0.601. The predicted molar refractivity (Wildman–Crippen MR) is 85.0 cm³/mol. The molecular formula is C15H19FN6. The molecule has 0 bridgehead atoms. The zero-order valence-corrected chi connectivity index (χ0v) is 12.8. The van der Waals surface area contributed by atoms with Crippen molar-refractivity contribution in [1.82, 2.24) is 15.0 Å². The fourth-order valence-electron chi connectivity index (χ4n) is 2.53. The van der Waals surface area contributed by atoms with Crippen LogP contribution in [0.5, 0.6) is 0 Å². The normalized spacial score (nSPS) is 15.0. The maximum Gasteiger partial charge on any atom is 0.227 e. The summed E-state index contributed by atoms with van der Waals surface area (Å²) in [6.07, 6.45) is 4.84. The van der Waals surface area contributed by atoms with Gasteiger partial charge in [0.25, 0.3) is 0 Å². The van der Waals surface area contributed by atoms with E-state index in [9.17, 15) is 4.39 Å². The van der Waals surface area contributed by atoms with E-state index in [-0.39, 0.29) is 0 Å². The zero-order chi connectivity index (χ0) is 15.5. The van der Waals surface area contributed by atoms with E-state index in [0.29, 0.717) is 11.8 Å². The van der Waals surface area contributed by atoms with Gasteiger partial charge in [-0.3, -0.25) is 4.98 Å². The van der Waals surface area contributed by atoms with Gasteiger partial charge in [-0.1, -0.05) is 0 Å². The second-order valence-electron chi connectivity index (χ2n) is 5.42. The molecule has 0 saturated carbocycles. The minimum absolute atomic E-state index is 0.321. The van der Waals surface area contributed by atoms with Crippen molar-refractivity contribution >= 4 is 17.5 Å². The molecule has 0 aliphatic carbocycles. The second-order valence-corrected chi connectivity index (χ2v) is 5.42. The van der Waals surface area contributed by atoms with Gasteiger partial charge in [-0.25, -0.2) is 9.37 Å². The molecule has 6 nitrogen and oxygen atoms in total. The fourth-order valence-corrected chi connectivity index (χ4v) is 2.53. The van der Waals surface area contributed by atoms with Gasteiger partial charge in [0.2, 0.25) is 5.95 Å². The third-order valence-electron chi connectivity index (χ3n) is 3.73. The van der Waals surface area contributed by atoms with Crippen LogP contribution in [0.25, 0.3) is 0 Å². The number of nitrogens with zero attached hydrogens (tertiary/aromatic N) is 6. The van der Waals surface area contributed by atoms with Crippen molar-refractivity contribution in [2.24, 2.45) is 0 Å². The van der Waals surface area contributed by atoms with Crippen LogP contribution >= 0.6 is 0 Å². The molecule has 0 atom stereocenters. The molecule has 2 aromatic rings. The molecule has 1 aliphatic rings. The summed E-state index contributed by atoms with van der Waals surface area (Å²) in [4.78, 5) is 18.5. The van der Waals surface area contributed by atoms with Crippen LogP contribution in [0, 0.1) is 5.82 Å². The number of hydrogen-bond acceptors (Lipinski definition) is 6. The Morgan fingerprint density at radius 1 is 1.05 bits per heavy atom. The smallest absolute Gasteiger partial charge is 0.227 e. The van der Waals surface area contributed by atoms with Crippen molar-refractivity contribution in [2.75, 3.05) is 55.0 Å². The van der Waals surface area contributed by atoms with E-state index in [0.717, 1.165) is 26.2 Å². The van der Waals surface area contributed by atoms with Gasteiger partial charge in [-0.15, -0.1) is 0 Å². The molecule has 1 fully saturated rings. The van der Waals surface area contributed by atoms with Gasteiger partial charge in [0.15, 0.2) is 11.6 Å². The number of pyridine rings is 1. The molecule has 0 spiro atoms. The molecular weight excluding hydrogens is 283 g/mol. The van der Waals surface area contributed by atoms with Gasteiger partial charge in [-0.05, 0) is 12.1 Å². The van der Waals surface area contributed by atoms with E-state index in [2.05, 4.69) is 24.8 Å². The van der Waals surface area contributed by atoms with Crippen molar-refractivity contribution in [3.8, 4) is 0 Å². The molecule has 0 unspecified atom stereocenters. The summed E-state index contributed by atoms with van der Waals surface area (Å²) in [6.45, 7) is 3.37. The quantitative estimate of drug-likeness (QED) is 0.854. The highest BCUT2D eigenvalue weighted by Crippen LogP contribution is 2.20. The molecule has 7 heteroatoms. The minimum Gasteiger partial charge on any atom is -0.368 e. The van der Waals surface area contributed by atoms with Gasteiger partial charge in [0.1, 0.15) is 0 Å². The van der Waals surface area contributed by atoms with Crippen molar-refractivity contribution in [3.63, 3.8) is 0 Å². The Morgan fingerprint density at radius 2 is 1.68 bits per heavy atom. The molecule has 0 amide bonds. The number of piperazine rings is 1. The maximum atomic E-state index is 13.7. The SMILES string of the molecule is CN(C)c1nc(N2CCN(c3ccncc3)CC2)ncc1F. The highest BCUT2D eigenvalue weighted by molar-refractivity contribution is 5.48. The van der Waals surface area contributed by atoms with E-state index in [1.165, 1.54) is 11.9 Å². The van der Waals surface area contributed by atoms with Crippen LogP contribution in [0.3, 0.4) is 0 Å². The summed E-state index contributed by atoms with van der Waals surface area (Å²) in [5.74, 6) is 0.505. The summed E-state index contributed by atoms with van der Waals surface area (Å²) in [7, 11) is 3.55. The van der Waals surface area contributed by atoms with Crippen LogP contribution in [-0.4, -0.2) is 55.2 Å². The number of hydrogen-bond donors (Lipinski definition) is 0. The Hall–Kier alpha value is -2.44. The highest BCUT2D eigenvalue weighted by Gasteiger charge is 2.20. The largest absolute Gasteiger partial charge is 0.368 e. The zero-order valence-electron chi connectivity index (χ0n) is 12.8. The van der Waals surface area contributed by atoms with Crippen LogP contribution < -0.4 is 14.7 Å². The van der Waals surface area contributed by atoms with E-state index in [1.807, 2.05) is 12.1 Å². The molecule has 0 aromatic carbocycles. The second kappa shape index (κ2) is 6.13. The highest BCUT2D eigenvalue weighted by atomic mass is 19.1. The number of aromatic nitrogens is 3. The molecule has 0 radical (unpaired) electrons. The van der Waals surface area contributed by atoms with Gasteiger partial charge in [0, 0.05) is 58.4 Å². The molecule has 22 heavy (non-hydrogen) atoms. The molecule has 2 aromatic heterocycles. The maximum absolute atomic E-state index is 13.7. The third kappa shape index (κ3) is 2.93. The van der Waals surface area contributed by atoms with E-state index >= 15 is 0 Å². The molecule has 1 saturated heterocycles. The van der Waals surface area contributed by atoms with Crippen molar-refractivity contribution in [2.45, 2.75) is 0 Å². The Kier molecular flexibility index (Phi) is 4.04. The van der Waals surface area contributed by atoms with Gasteiger partial charge in [-0.2, -0.15) is 4.98 Å². The summed E-state index contributed by atoms with van der Waals surface area (Å²) in [5.41, 5.74) is 1.17. The van der Waals surface area contributed by atoms with Gasteiger partial charge < -0.3 is 14.7 Å². The Balaban J connectivity index is 1.70. The van der Waals surface area contributed by atoms with Crippen LogP contribution in [0.4, 0.5) is 21.8 Å². The van der Waals surface area contributed by atoms with Crippen LogP contribution in [0.2, 0.25) is 0 Å². The first-order valence-corrected chi connectivity index (χ1v) is 7.25.